The molecule has 0 amide bonds. The number of unbranched alkanes of at least 4 members (excludes halogenated alkanes) is 1. The molecule has 34 heavy (non-hydrogen) atoms. The molecule has 3 rings (SSSR count). The van der Waals surface area contributed by atoms with Crippen LogP contribution < -0.4 is 0 Å². The molecule has 0 aromatic rings. The molecule has 0 N–H and O–H groups in total. The summed E-state index contributed by atoms with van der Waals surface area (Å²) >= 11 is 0. The summed E-state index contributed by atoms with van der Waals surface area (Å²) < 4.78 is 6.25. The summed E-state index contributed by atoms with van der Waals surface area (Å²) in [6.45, 7) is 26.4. The summed E-state index contributed by atoms with van der Waals surface area (Å²) in [5, 5.41) is 0. The fraction of sp³-hybridized carbons (Fsp3) is 1.00. The van der Waals surface area contributed by atoms with Gasteiger partial charge in [0.25, 0.3) is 0 Å². The molecule has 2 atom stereocenters. The van der Waals surface area contributed by atoms with Crippen LogP contribution in [-0.4, -0.2) is 61.3 Å². The van der Waals surface area contributed by atoms with Crippen LogP contribution in [0.4, 0.5) is 0 Å². The van der Waals surface area contributed by atoms with Gasteiger partial charge in [-0.2, -0.15) is 0 Å². The lowest BCUT2D eigenvalue weighted by molar-refractivity contribution is -0.00858. The van der Waals surface area contributed by atoms with Gasteiger partial charge in [0.2, 0.25) is 0 Å². The van der Waals surface area contributed by atoms with Crippen molar-refractivity contribution < 1.29 is 4.74 Å². The van der Waals surface area contributed by atoms with Crippen LogP contribution in [0.1, 0.15) is 127 Å². The predicted octanol–water partition coefficient (Wildman–Crippen LogP) is 8.52. The maximum absolute atomic E-state index is 6.25. The minimum Gasteiger partial charge on any atom is -0.375 e. The second kappa shape index (κ2) is 19.1. The van der Waals surface area contributed by atoms with E-state index in [9.17, 15) is 0 Å². The molecule has 2 unspecified atom stereocenters. The monoisotopic (exact) mass is 483 g/mol. The molecule has 0 aromatic heterocycles. The molecule has 0 radical (unpaired) electrons. The summed E-state index contributed by atoms with van der Waals surface area (Å²) in [5.74, 6) is 3.79. The first kappa shape index (κ1) is 33.9. The van der Waals surface area contributed by atoms with Gasteiger partial charge in [0.1, 0.15) is 0 Å². The fourth-order valence-corrected chi connectivity index (χ4v) is 6.07. The first-order chi connectivity index (χ1) is 15.9. The van der Waals surface area contributed by atoms with Crippen LogP contribution in [0.5, 0.6) is 0 Å². The normalized spacial score (nSPS) is 30.1. The van der Waals surface area contributed by atoms with Gasteiger partial charge in [0.05, 0.1) is 12.2 Å². The quantitative estimate of drug-likeness (QED) is 0.327. The average molecular weight is 483 g/mol. The van der Waals surface area contributed by atoms with Crippen molar-refractivity contribution in [3.8, 4) is 0 Å². The van der Waals surface area contributed by atoms with Gasteiger partial charge in [0, 0.05) is 32.7 Å². The Labute approximate surface area is 216 Å². The Morgan fingerprint density at radius 2 is 1.44 bits per heavy atom. The van der Waals surface area contributed by atoms with E-state index < -0.39 is 0 Å². The van der Waals surface area contributed by atoms with E-state index in [0.29, 0.717) is 0 Å². The molecule has 0 bridgehead atoms. The first-order valence-corrected chi connectivity index (χ1v) is 15.0. The highest BCUT2D eigenvalue weighted by Gasteiger charge is 2.38. The second-order valence-electron chi connectivity index (χ2n) is 11.2. The molecule has 1 aliphatic carbocycles. The average Bonchev–Trinajstić information content (AvgIpc) is 3.28. The van der Waals surface area contributed by atoms with Crippen molar-refractivity contribution in [1.82, 2.24) is 9.80 Å². The van der Waals surface area contributed by atoms with Crippen molar-refractivity contribution in [1.29, 1.82) is 0 Å². The van der Waals surface area contributed by atoms with E-state index >= 15 is 0 Å². The number of nitrogens with zero attached hydrogens (tertiary/aromatic N) is 2. The fourth-order valence-electron chi connectivity index (χ4n) is 6.07. The van der Waals surface area contributed by atoms with Crippen molar-refractivity contribution in [2.45, 2.75) is 133 Å². The summed E-state index contributed by atoms with van der Waals surface area (Å²) in [6, 6.07) is 0. The van der Waals surface area contributed by atoms with Crippen molar-refractivity contribution in [3.63, 3.8) is 0 Å². The molecule has 0 aromatic carbocycles. The van der Waals surface area contributed by atoms with Crippen molar-refractivity contribution in [2.24, 2.45) is 23.7 Å². The van der Waals surface area contributed by atoms with Gasteiger partial charge >= 0.3 is 0 Å². The van der Waals surface area contributed by atoms with Gasteiger partial charge in [-0.1, -0.05) is 94.9 Å². The molecular formula is C31H66N2O. The van der Waals surface area contributed by atoms with E-state index in [2.05, 4.69) is 51.3 Å². The third-order valence-electron chi connectivity index (χ3n) is 8.76. The summed E-state index contributed by atoms with van der Waals surface area (Å²) in [5.41, 5.74) is 0.214. The Hall–Kier alpha value is -0.120. The van der Waals surface area contributed by atoms with E-state index in [1.165, 1.54) is 103 Å². The standard InChI is InChI=1S/C17H34N2O.C11H22.C2H6.CH4/c1-4-7-8-17(5-2)13-16(15-20-17)14-19-11-9-18(6-3)10-12-19;1-4-10-5-7-11(8-6-10)9(2)3;1-2;/h16H,4-15H2,1-3H3;9-11H,4-8H2,1-3H3;1-2H3;1H4. The zero-order valence-electron chi connectivity index (χ0n) is 24.1. The molecule has 2 saturated heterocycles. The topological polar surface area (TPSA) is 15.7 Å². The SMILES string of the molecule is C.CC.CCC1CCC(C(C)C)CC1.CCCCC1(CC)CC(CN2CCN(CC)CC2)CO1. The lowest BCUT2D eigenvalue weighted by Crippen LogP contribution is -2.47. The van der Waals surface area contributed by atoms with Gasteiger partial charge < -0.3 is 14.5 Å². The number of hydrogen-bond acceptors (Lipinski definition) is 3. The largest absolute Gasteiger partial charge is 0.375 e. The Balaban J connectivity index is 0.000000663. The Morgan fingerprint density at radius 1 is 0.853 bits per heavy atom. The third kappa shape index (κ3) is 11.7. The van der Waals surface area contributed by atoms with Crippen LogP contribution in [0.3, 0.4) is 0 Å². The summed E-state index contributed by atoms with van der Waals surface area (Å²) in [4.78, 5) is 5.21. The molecule has 3 aliphatic rings. The van der Waals surface area contributed by atoms with Crippen LogP contribution in [0.15, 0.2) is 0 Å². The highest BCUT2D eigenvalue weighted by Crippen LogP contribution is 2.37. The third-order valence-corrected chi connectivity index (χ3v) is 8.76. The van der Waals surface area contributed by atoms with Gasteiger partial charge in [-0.05, 0) is 62.3 Å². The lowest BCUT2D eigenvalue weighted by Gasteiger charge is -2.35. The van der Waals surface area contributed by atoms with Gasteiger partial charge in [0.15, 0.2) is 0 Å². The van der Waals surface area contributed by atoms with E-state index in [1.54, 1.807) is 0 Å². The molecule has 2 heterocycles. The second-order valence-corrected chi connectivity index (χ2v) is 11.2. The minimum absolute atomic E-state index is 0. The Kier molecular flexibility index (Phi) is 19.0. The molecule has 1 saturated carbocycles. The number of piperazine rings is 1. The number of hydrogen-bond donors (Lipinski definition) is 0. The smallest absolute Gasteiger partial charge is 0.0684 e. The number of rotatable bonds is 9. The predicted molar refractivity (Wildman–Crippen MR) is 154 cm³/mol. The molecule has 2 aliphatic heterocycles. The molecule has 3 nitrogen and oxygen atoms in total. The zero-order valence-corrected chi connectivity index (χ0v) is 24.1. The highest BCUT2D eigenvalue weighted by atomic mass is 16.5. The van der Waals surface area contributed by atoms with Crippen molar-refractivity contribution >= 4 is 0 Å². The van der Waals surface area contributed by atoms with Crippen molar-refractivity contribution in [2.75, 3.05) is 45.9 Å². The van der Waals surface area contributed by atoms with E-state index in [1.807, 2.05) is 13.8 Å². The lowest BCUT2D eigenvalue weighted by atomic mass is 9.76. The van der Waals surface area contributed by atoms with Gasteiger partial charge in [-0.3, -0.25) is 0 Å². The van der Waals surface area contributed by atoms with Crippen LogP contribution in [-0.2, 0) is 4.74 Å². The maximum Gasteiger partial charge on any atom is 0.0684 e. The van der Waals surface area contributed by atoms with E-state index in [0.717, 1.165) is 30.3 Å². The first-order valence-electron chi connectivity index (χ1n) is 15.0. The Bertz CT molecular complexity index is 452. The minimum atomic E-state index is 0. The maximum atomic E-state index is 6.25. The number of likely N-dealkylation sites (N-methyl/N-ethyl adjacent to an activating group) is 1. The summed E-state index contributed by atoms with van der Waals surface area (Å²) in [6.07, 6.45) is 13.7. The van der Waals surface area contributed by atoms with Crippen LogP contribution in [0.2, 0.25) is 0 Å². The van der Waals surface area contributed by atoms with Gasteiger partial charge in [-0.25, -0.2) is 0 Å². The molecule has 206 valence electrons. The van der Waals surface area contributed by atoms with E-state index in [-0.39, 0.29) is 13.0 Å². The molecule has 0 spiro atoms. The number of ether oxygens (including phenoxy) is 1. The Morgan fingerprint density at radius 3 is 1.91 bits per heavy atom. The van der Waals surface area contributed by atoms with Crippen LogP contribution in [0, 0.1) is 23.7 Å². The molecule has 3 heteroatoms. The van der Waals surface area contributed by atoms with E-state index in [4.69, 9.17) is 4.74 Å². The van der Waals surface area contributed by atoms with Crippen LogP contribution in [0.25, 0.3) is 0 Å². The van der Waals surface area contributed by atoms with Gasteiger partial charge in [-0.15, -0.1) is 0 Å². The van der Waals surface area contributed by atoms with Crippen LogP contribution >= 0.6 is 0 Å². The zero-order chi connectivity index (χ0) is 24.7. The molecule has 3 fully saturated rings. The van der Waals surface area contributed by atoms with Crippen molar-refractivity contribution in [3.05, 3.63) is 0 Å². The highest BCUT2D eigenvalue weighted by molar-refractivity contribution is 4.89. The molecular weight excluding hydrogens is 416 g/mol. The summed E-state index contributed by atoms with van der Waals surface area (Å²) in [7, 11) is 0.